The molecule has 0 spiro atoms. The monoisotopic (exact) mass is 789 g/mol. The van der Waals surface area contributed by atoms with Crippen LogP contribution in [-0.2, 0) is 19.1 Å². The fourth-order valence-corrected chi connectivity index (χ4v) is 7.22. The zero-order chi connectivity index (χ0) is 40.5. The molecule has 0 aliphatic carbocycles. The maximum absolute atomic E-state index is 13.0. The van der Waals surface area contributed by atoms with Gasteiger partial charge in [-0.3, -0.25) is 9.59 Å². The molecule has 1 heterocycles. The number of ether oxygens (including phenoxy) is 2. The molecule has 0 bridgehead atoms. The van der Waals surface area contributed by atoms with Crippen LogP contribution < -0.4 is 10.6 Å². The van der Waals surface area contributed by atoms with Crippen molar-refractivity contribution < 1.29 is 49.7 Å². The zero-order valence-corrected chi connectivity index (χ0v) is 34.9. The fraction of sp³-hybridized carbons (Fsp3) is 0.953. The molecule has 8 atom stereocenters. The first-order valence-corrected chi connectivity index (χ1v) is 22.5. The van der Waals surface area contributed by atoms with E-state index in [1.165, 1.54) is 70.6 Å². The van der Waals surface area contributed by atoms with E-state index in [9.17, 15) is 40.2 Å². The highest BCUT2D eigenvalue weighted by molar-refractivity contribution is 5.76. The van der Waals surface area contributed by atoms with Gasteiger partial charge in [0.05, 0.1) is 25.4 Å². The summed E-state index contributed by atoms with van der Waals surface area (Å²) < 4.78 is 11.1. The molecule has 1 aliphatic heterocycles. The number of nitrogens with one attached hydrogen (secondary N) is 2. The molecular weight excluding hydrogens is 704 g/mol. The normalized spacial score (nSPS) is 21.6. The predicted octanol–water partition coefficient (Wildman–Crippen LogP) is 6.09. The SMILES string of the molecule is CCCCCCCCCCCCCC[C@@H](O)[C@@H](O)[C@H](CO[C@H]1OC(CO)[C@H](O)[C@H](O)C1O)NC(=O)CCCCCCCCCCNC(=O)CCCCCCC. The summed E-state index contributed by atoms with van der Waals surface area (Å²) in [6.07, 6.45) is 19.3. The molecule has 1 fully saturated rings. The Kier molecular flexibility index (Phi) is 32.5. The minimum absolute atomic E-state index is 0.161. The highest BCUT2D eigenvalue weighted by Crippen LogP contribution is 2.23. The van der Waals surface area contributed by atoms with Crippen molar-refractivity contribution in [3.63, 3.8) is 0 Å². The minimum atomic E-state index is -1.62. The van der Waals surface area contributed by atoms with Crippen LogP contribution in [0.5, 0.6) is 0 Å². The maximum Gasteiger partial charge on any atom is 0.220 e. The zero-order valence-electron chi connectivity index (χ0n) is 34.9. The van der Waals surface area contributed by atoms with Crippen LogP contribution in [0, 0.1) is 0 Å². The summed E-state index contributed by atoms with van der Waals surface area (Å²) in [5, 5.41) is 68.0. The van der Waals surface area contributed by atoms with Crippen molar-refractivity contribution in [1.29, 1.82) is 0 Å². The highest BCUT2D eigenvalue weighted by atomic mass is 16.7. The average molecular weight is 789 g/mol. The lowest BCUT2D eigenvalue weighted by atomic mass is 9.98. The molecule has 55 heavy (non-hydrogen) atoms. The summed E-state index contributed by atoms with van der Waals surface area (Å²) in [5.74, 6) is -0.129. The van der Waals surface area contributed by atoms with Crippen LogP contribution in [0.25, 0.3) is 0 Å². The largest absolute Gasteiger partial charge is 0.394 e. The minimum Gasteiger partial charge on any atom is -0.394 e. The van der Waals surface area contributed by atoms with Gasteiger partial charge in [-0.2, -0.15) is 0 Å². The maximum atomic E-state index is 13.0. The summed E-state index contributed by atoms with van der Waals surface area (Å²) in [6, 6.07) is -1.01. The number of aliphatic hydroxyl groups is 6. The Morgan fingerprint density at radius 2 is 1.05 bits per heavy atom. The molecule has 1 aliphatic rings. The number of carbonyl (C=O) groups excluding carboxylic acids is 2. The molecule has 12 nitrogen and oxygen atoms in total. The number of amides is 2. The van der Waals surface area contributed by atoms with Crippen LogP contribution >= 0.6 is 0 Å². The lowest BCUT2D eigenvalue weighted by Crippen LogP contribution is -2.60. The van der Waals surface area contributed by atoms with E-state index in [4.69, 9.17) is 9.47 Å². The number of rotatable bonds is 37. The van der Waals surface area contributed by atoms with E-state index in [2.05, 4.69) is 24.5 Å². The third-order valence-corrected chi connectivity index (χ3v) is 11.0. The second-order valence-electron chi connectivity index (χ2n) is 16.0. The van der Waals surface area contributed by atoms with E-state index in [1.54, 1.807) is 0 Å². The van der Waals surface area contributed by atoms with Crippen LogP contribution in [0.4, 0.5) is 0 Å². The van der Waals surface area contributed by atoms with Gasteiger partial charge in [0.15, 0.2) is 6.29 Å². The number of hydrogen-bond acceptors (Lipinski definition) is 10. The Morgan fingerprint density at radius 1 is 0.600 bits per heavy atom. The van der Waals surface area contributed by atoms with Gasteiger partial charge in [0.1, 0.15) is 30.5 Å². The molecule has 1 saturated heterocycles. The topological polar surface area (TPSA) is 198 Å². The van der Waals surface area contributed by atoms with Gasteiger partial charge in [0, 0.05) is 19.4 Å². The van der Waals surface area contributed by atoms with Crippen LogP contribution in [-0.4, -0.2) is 111 Å². The van der Waals surface area contributed by atoms with Gasteiger partial charge in [0.2, 0.25) is 11.8 Å². The summed E-state index contributed by atoms with van der Waals surface area (Å²) in [7, 11) is 0. The number of carbonyl (C=O) groups is 2. The summed E-state index contributed by atoms with van der Waals surface area (Å²) >= 11 is 0. The molecule has 0 saturated carbocycles. The third-order valence-electron chi connectivity index (χ3n) is 11.0. The van der Waals surface area contributed by atoms with Gasteiger partial charge < -0.3 is 50.7 Å². The van der Waals surface area contributed by atoms with Gasteiger partial charge in [-0.15, -0.1) is 0 Å². The lowest BCUT2D eigenvalue weighted by molar-refractivity contribution is -0.303. The van der Waals surface area contributed by atoms with Crippen molar-refractivity contribution in [1.82, 2.24) is 10.6 Å². The van der Waals surface area contributed by atoms with E-state index in [-0.39, 0.29) is 24.8 Å². The highest BCUT2D eigenvalue weighted by Gasteiger charge is 2.44. The van der Waals surface area contributed by atoms with E-state index in [1.807, 2.05) is 0 Å². The molecule has 8 N–H and O–H groups in total. The molecule has 0 aromatic rings. The third kappa shape index (κ3) is 25.6. The Labute approximate surface area is 333 Å². The Morgan fingerprint density at radius 3 is 1.56 bits per heavy atom. The van der Waals surface area contributed by atoms with E-state index in [0.29, 0.717) is 19.3 Å². The van der Waals surface area contributed by atoms with Gasteiger partial charge in [0.25, 0.3) is 0 Å². The van der Waals surface area contributed by atoms with Gasteiger partial charge in [-0.05, 0) is 25.7 Å². The van der Waals surface area contributed by atoms with E-state index >= 15 is 0 Å². The smallest absolute Gasteiger partial charge is 0.220 e. The first-order valence-electron chi connectivity index (χ1n) is 22.5. The molecule has 326 valence electrons. The Bertz CT molecular complexity index is 913. The lowest BCUT2D eigenvalue weighted by Gasteiger charge is -2.40. The first kappa shape index (κ1) is 51.6. The summed E-state index contributed by atoms with van der Waals surface area (Å²) in [5.41, 5.74) is 0. The second kappa shape index (κ2) is 34.6. The summed E-state index contributed by atoms with van der Waals surface area (Å²) in [4.78, 5) is 24.9. The molecule has 0 radical (unpaired) electrons. The molecule has 0 aromatic carbocycles. The van der Waals surface area contributed by atoms with Crippen molar-refractivity contribution in [2.75, 3.05) is 19.8 Å². The van der Waals surface area contributed by atoms with Crippen LogP contribution in [0.2, 0.25) is 0 Å². The number of hydrogen-bond donors (Lipinski definition) is 8. The van der Waals surface area contributed by atoms with Crippen molar-refractivity contribution in [3.05, 3.63) is 0 Å². The van der Waals surface area contributed by atoms with Gasteiger partial charge in [-0.25, -0.2) is 0 Å². The molecule has 0 aromatic heterocycles. The fourth-order valence-electron chi connectivity index (χ4n) is 7.22. The van der Waals surface area contributed by atoms with Crippen molar-refractivity contribution in [2.45, 2.75) is 243 Å². The predicted molar refractivity (Wildman–Crippen MR) is 217 cm³/mol. The Balaban J connectivity index is 2.40. The standard InChI is InChI=1S/C43H84N2O10/c1-3-5-7-9-10-11-12-13-14-17-21-24-28-35(47)39(50)34(33-54-43-42(53)41(52)40(51)36(32-46)55-43)45-38(49)30-26-22-18-15-16-19-23-27-31-44-37(48)29-25-20-8-6-4-2/h34-36,39-43,46-47,50-53H,3-33H2,1-2H3,(H,44,48)(H,45,49)/t34-,35+,36?,39-,40-,41-,42?,43-/m0/s1. The van der Waals surface area contributed by atoms with Crippen LogP contribution in [0.15, 0.2) is 0 Å². The number of unbranched alkanes of at least 4 members (excludes halogenated alkanes) is 22. The molecule has 1 rings (SSSR count). The number of aliphatic hydroxyl groups excluding tert-OH is 6. The van der Waals surface area contributed by atoms with E-state index < -0.39 is 55.6 Å². The Hall–Kier alpha value is -1.38. The van der Waals surface area contributed by atoms with Crippen molar-refractivity contribution >= 4 is 11.8 Å². The van der Waals surface area contributed by atoms with Crippen molar-refractivity contribution in [3.8, 4) is 0 Å². The quantitative estimate of drug-likeness (QED) is 0.0341. The molecule has 2 amide bonds. The molecule has 2 unspecified atom stereocenters. The van der Waals surface area contributed by atoms with Gasteiger partial charge >= 0.3 is 0 Å². The van der Waals surface area contributed by atoms with E-state index in [0.717, 1.165) is 90.0 Å². The second-order valence-corrected chi connectivity index (χ2v) is 16.0. The molecule has 12 heteroatoms. The molecular formula is C43H84N2O10. The first-order chi connectivity index (χ1) is 26.7. The van der Waals surface area contributed by atoms with Crippen molar-refractivity contribution in [2.24, 2.45) is 0 Å². The average Bonchev–Trinajstić information content (AvgIpc) is 3.18. The van der Waals surface area contributed by atoms with Crippen LogP contribution in [0.3, 0.4) is 0 Å². The van der Waals surface area contributed by atoms with Crippen LogP contribution in [0.1, 0.15) is 194 Å². The summed E-state index contributed by atoms with van der Waals surface area (Å²) in [6.45, 7) is 4.23. The van der Waals surface area contributed by atoms with Gasteiger partial charge in [-0.1, -0.05) is 155 Å².